The predicted octanol–water partition coefficient (Wildman–Crippen LogP) is 5.10. The summed E-state index contributed by atoms with van der Waals surface area (Å²) in [5.74, 6) is -0.938. The minimum atomic E-state index is -3.91. The van der Waals surface area contributed by atoms with Crippen LogP contribution in [0.25, 0.3) is 11.1 Å². The molecule has 0 saturated carbocycles. The van der Waals surface area contributed by atoms with Crippen molar-refractivity contribution in [2.45, 2.75) is 65.3 Å². The van der Waals surface area contributed by atoms with E-state index >= 15 is 0 Å². The van der Waals surface area contributed by atoms with Gasteiger partial charge >= 0.3 is 6.09 Å². The van der Waals surface area contributed by atoms with Gasteiger partial charge in [-0.05, 0) is 81.8 Å². The van der Waals surface area contributed by atoms with Crippen molar-refractivity contribution in [1.82, 2.24) is 9.62 Å². The Labute approximate surface area is 266 Å². The molecule has 0 saturated heterocycles. The van der Waals surface area contributed by atoms with Gasteiger partial charge in [-0.1, -0.05) is 60.7 Å². The van der Waals surface area contributed by atoms with Crippen LogP contribution in [0.4, 0.5) is 4.79 Å². The van der Waals surface area contributed by atoms with Crippen molar-refractivity contribution in [3.8, 4) is 16.9 Å². The second kappa shape index (κ2) is 15.9. The van der Waals surface area contributed by atoms with E-state index in [1.165, 1.54) is 11.0 Å². The maximum absolute atomic E-state index is 13.0. The number of nitrogens with one attached hydrogen (secondary N) is 1. The number of aliphatic hydroxyl groups excluding tert-OH is 2. The van der Waals surface area contributed by atoms with Crippen molar-refractivity contribution in [3.05, 3.63) is 89.5 Å². The zero-order valence-corrected chi connectivity index (χ0v) is 27.3. The molecule has 11 heteroatoms. The molecule has 45 heavy (non-hydrogen) atoms. The number of nitrogens with zero attached hydrogens (tertiary/aromatic N) is 1. The average molecular weight is 641 g/mol. The maximum Gasteiger partial charge on any atom is 0.410 e. The molecule has 3 rings (SSSR count). The number of hydrogen-bond acceptors (Lipinski definition) is 8. The van der Waals surface area contributed by atoms with Gasteiger partial charge in [0.25, 0.3) is 5.91 Å². The van der Waals surface area contributed by atoms with Crippen molar-refractivity contribution < 1.29 is 37.7 Å². The van der Waals surface area contributed by atoms with Crippen LogP contribution in [0.5, 0.6) is 5.75 Å². The van der Waals surface area contributed by atoms with Crippen molar-refractivity contribution >= 4 is 22.0 Å². The summed E-state index contributed by atoms with van der Waals surface area (Å²) in [5.41, 5.74) is 2.68. The molecule has 10 nitrogen and oxygen atoms in total. The lowest BCUT2D eigenvalue weighted by Gasteiger charge is -2.29. The van der Waals surface area contributed by atoms with Gasteiger partial charge in [-0.25, -0.2) is 17.9 Å². The Balaban J connectivity index is 1.76. The monoisotopic (exact) mass is 640 g/mol. The molecule has 0 bridgehead atoms. The van der Waals surface area contributed by atoms with Gasteiger partial charge < -0.3 is 24.6 Å². The molecule has 0 aliphatic carbocycles. The number of hydrogen-bond donors (Lipinski definition) is 3. The van der Waals surface area contributed by atoms with E-state index in [0.717, 1.165) is 16.7 Å². The highest BCUT2D eigenvalue weighted by Gasteiger charge is 2.25. The van der Waals surface area contributed by atoms with Gasteiger partial charge in [-0.2, -0.15) is 0 Å². The van der Waals surface area contributed by atoms with E-state index in [-0.39, 0.29) is 42.7 Å². The summed E-state index contributed by atoms with van der Waals surface area (Å²) >= 11 is 0. The fourth-order valence-corrected chi connectivity index (χ4v) is 5.45. The van der Waals surface area contributed by atoms with Crippen LogP contribution >= 0.6 is 0 Å². The van der Waals surface area contributed by atoms with E-state index in [1.807, 2.05) is 59.3 Å². The number of carbonyl (C=O) groups is 2. The van der Waals surface area contributed by atoms with Crippen molar-refractivity contribution in [3.63, 3.8) is 0 Å². The molecule has 0 aliphatic rings. The van der Waals surface area contributed by atoms with Crippen molar-refractivity contribution in [2.75, 3.05) is 25.4 Å². The normalized spacial score (nSPS) is 12.4. The standard InChI is InChI=1S/C34H44N2O8S/c1-24(2)43-31-22-28(16-17-29(31)32(39)35-45(41,42)21-9-20-37)26-14-12-25(13-15-26)18-19-36(33(40)44-34(3,4)5)23-30(38)27-10-7-6-8-11-27/h6-8,10-17,22,24,30,37-38H,9,18-21,23H2,1-5H3,(H,35,39)/t30-/m0/s1. The molecule has 0 unspecified atom stereocenters. The molecule has 2 amide bonds. The third kappa shape index (κ3) is 11.5. The minimum Gasteiger partial charge on any atom is -0.490 e. The van der Waals surface area contributed by atoms with Crippen LogP contribution < -0.4 is 9.46 Å². The Kier molecular flexibility index (Phi) is 12.5. The number of carbonyl (C=O) groups excluding carboxylic acids is 2. The first kappa shape index (κ1) is 35.5. The third-order valence-electron chi connectivity index (χ3n) is 6.60. The average Bonchev–Trinajstić information content (AvgIpc) is 2.97. The molecule has 3 N–H and O–H groups in total. The first-order valence-corrected chi connectivity index (χ1v) is 16.6. The summed E-state index contributed by atoms with van der Waals surface area (Å²) in [6.45, 7) is 9.12. The van der Waals surface area contributed by atoms with Crippen LogP contribution in [0.15, 0.2) is 72.8 Å². The van der Waals surface area contributed by atoms with Gasteiger partial charge in [0.15, 0.2) is 0 Å². The molecule has 3 aromatic rings. The molecule has 0 fully saturated rings. The summed E-state index contributed by atoms with van der Waals surface area (Å²) in [7, 11) is -3.91. The van der Waals surface area contributed by atoms with Gasteiger partial charge in [0.1, 0.15) is 11.4 Å². The second-order valence-corrected chi connectivity index (χ2v) is 13.8. The number of ether oxygens (including phenoxy) is 2. The highest BCUT2D eigenvalue weighted by atomic mass is 32.2. The summed E-state index contributed by atoms with van der Waals surface area (Å²) < 4.78 is 37.9. The number of aliphatic hydroxyl groups is 2. The van der Waals surface area contributed by atoms with Crippen LogP contribution in [0.1, 0.15) is 68.6 Å². The predicted molar refractivity (Wildman–Crippen MR) is 174 cm³/mol. The van der Waals surface area contributed by atoms with Gasteiger partial charge in [0.2, 0.25) is 10.0 Å². The number of rotatable bonds is 14. The summed E-state index contributed by atoms with van der Waals surface area (Å²) in [4.78, 5) is 27.3. The van der Waals surface area contributed by atoms with E-state index in [9.17, 15) is 23.1 Å². The summed E-state index contributed by atoms with van der Waals surface area (Å²) in [6.07, 6.45) is -1.10. The van der Waals surface area contributed by atoms with Gasteiger partial charge in [-0.3, -0.25) is 4.79 Å². The van der Waals surface area contributed by atoms with E-state index < -0.39 is 33.7 Å². The zero-order chi connectivity index (χ0) is 33.2. The van der Waals surface area contributed by atoms with Gasteiger partial charge in [-0.15, -0.1) is 0 Å². The van der Waals surface area contributed by atoms with Crippen LogP contribution in [-0.2, 0) is 21.2 Å². The molecule has 1 atom stereocenters. The van der Waals surface area contributed by atoms with Crippen LogP contribution in [0, 0.1) is 0 Å². The van der Waals surface area contributed by atoms with Crippen LogP contribution in [0.3, 0.4) is 0 Å². The largest absolute Gasteiger partial charge is 0.490 e. The second-order valence-electron chi connectivity index (χ2n) is 12.0. The molecule has 0 aliphatic heterocycles. The van der Waals surface area contributed by atoms with E-state index in [2.05, 4.69) is 0 Å². The Morgan fingerprint density at radius 3 is 2.20 bits per heavy atom. The Bertz CT molecular complexity index is 1520. The highest BCUT2D eigenvalue weighted by Crippen LogP contribution is 2.29. The Hall–Kier alpha value is -3.93. The first-order valence-electron chi connectivity index (χ1n) is 14.9. The lowest BCUT2D eigenvalue weighted by molar-refractivity contribution is 0.0147. The van der Waals surface area contributed by atoms with Crippen LogP contribution in [0.2, 0.25) is 0 Å². The molecule has 244 valence electrons. The number of sulfonamides is 1. The topological polar surface area (TPSA) is 142 Å². The molecule has 0 spiro atoms. The molecule has 0 radical (unpaired) electrons. The zero-order valence-electron chi connectivity index (χ0n) is 26.5. The maximum atomic E-state index is 13.0. The van der Waals surface area contributed by atoms with Crippen LogP contribution in [-0.4, -0.2) is 72.7 Å². The molecule has 0 aromatic heterocycles. The lowest BCUT2D eigenvalue weighted by atomic mass is 10.0. The Morgan fingerprint density at radius 1 is 0.956 bits per heavy atom. The molecule has 3 aromatic carbocycles. The number of benzene rings is 3. The third-order valence-corrected chi connectivity index (χ3v) is 7.92. The molecular weight excluding hydrogens is 596 g/mol. The fourth-order valence-electron chi connectivity index (χ4n) is 4.44. The van der Waals surface area contributed by atoms with E-state index in [0.29, 0.717) is 18.5 Å². The quantitative estimate of drug-likeness (QED) is 0.221. The molecule has 0 heterocycles. The summed E-state index contributed by atoms with van der Waals surface area (Å²) in [6, 6.07) is 21.8. The number of amides is 2. The SMILES string of the molecule is CC(C)Oc1cc(-c2ccc(CCN(C[C@H](O)c3ccccc3)C(=O)OC(C)(C)C)cc2)ccc1C(=O)NS(=O)(=O)CCCO. The lowest BCUT2D eigenvalue weighted by Crippen LogP contribution is -2.40. The highest BCUT2D eigenvalue weighted by molar-refractivity contribution is 7.90. The van der Waals surface area contributed by atoms with Crippen molar-refractivity contribution in [1.29, 1.82) is 0 Å². The minimum absolute atomic E-state index is 0.0154. The fraction of sp³-hybridized carbons (Fsp3) is 0.412. The van der Waals surface area contributed by atoms with Gasteiger partial charge in [0, 0.05) is 13.2 Å². The van der Waals surface area contributed by atoms with Crippen molar-refractivity contribution in [2.24, 2.45) is 0 Å². The van der Waals surface area contributed by atoms with Gasteiger partial charge in [0.05, 0.1) is 30.1 Å². The Morgan fingerprint density at radius 2 is 1.60 bits per heavy atom. The first-order chi connectivity index (χ1) is 21.2. The molecular formula is C34H44N2O8S. The van der Waals surface area contributed by atoms with E-state index in [1.54, 1.807) is 46.8 Å². The smallest absolute Gasteiger partial charge is 0.410 e. The summed E-state index contributed by atoms with van der Waals surface area (Å²) in [5, 5.41) is 19.7. The van der Waals surface area contributed by atoms with E-state index in [4.69, 9.17) is 14.6 Å².